The third-order valence-corrected chi connectivity index (χ3v) is 5.81. The Morgan fingerprint density at radius 2 is 0.897 bits per heavy atom. The van der Waals surface area contributed by atoms with Gasteiger partial charge in [-0.2, -0.15) is 0 Å². The van der Waals surface area contributed by atoms with Crippen LogP contribution >= 0.6 is 0 Å². The van der Waals surface area contributed by atoms with Gasteiger partial charge in [0.25, 0.3) is 11.8 Å². The molecule has 0 unspecified atom stereocenters. The predicted octanol–water partition coefficient (Wildman–Crippen LogP) is 6.40. The van der Waals surface area contributed by atoms with Gasteiger partial charge in [-0.1, -0.05) is 70.8 Å². The van der Waals surface area contributed by atoms with Crippen molar-refractivity contribution in [1.82, 2.24) is 21.0 Å². The number of aromatic nitrogens is 2. The number of aryl methyl sites for hydroxylation is 4. The van der Waals surface area contributed by atoms with Crippen LogP contribution in [0.1, 0.15) is 43.0 Å². The van der Waals surface area contributed by atoms with E-state index < -0.39 is 0 Å². The molecule has 2 N–H and O–H groups in total. The third kappa shape index (κ3) is 7.49. The second kappa shape index (κ2) is 12.5. The number of carbonyl (C=O) groups excluding carboxylic acids is 2. The molecule has 0 fully saturated rings. The van der Waals surface area contributed by atoms with Crippen molar-refractivity contribution in [3.63, 3.8) is 0 Å². The zero-order chi connectivity index (χ0) is 27.8. The van der Waals surface area contributed by atoms with Crippen molar-refractivity contribution in [1.29, 1.82) is 0 Å². The number of rotatable bonds is 4. The summed E-state index contributed by atoms with van der Waals surface area (Å²) in [6.07, 6.45) is 0. The van der Waals surface area contributed by atoms with E-state index in [2.05, 4.69) is 21.0 Å². The Morgan fingerprint density at radius 3 is 1.26 bits per heavy atom. The lowest BCUT2D eigenvalue weighted by atomic mass is 10.1. The van der Waals surface area contributed by atoms with Gasteiger partial charge in [-0.15, -0.1) is 10.2 Å². The van der Waals surface area contributed by atoms with Crippen LogP contribution in [0.25, 0.3) is 22.9 Å². The van der Waals surface area contributed by atoms with Crippen LogP contribution in [0.2, 0.25) is 0 Å². The number of carbonyl (C=O) groups is 2. The molecule has 39 heavy (non-hydrogen) atoms. The molecular weight excluding hydrogens is 488 g/mol. The molecule has 0 bridgehead atoms. The van der Waals surface area contributed by atoms with Crippen LogP contribution in [0.5, 0.6) is 0 Å². The van der Waals surface area contributed by atoms with Gasteiger partial charge in [-0.05, 0) is 76.2 Å². The molecule has 0 radical (unpaired) electrons. The van der Waals surface area contributed by atoms with E-state index in [9.17, 15) is 9.59 Å². The van der Waals surface area contributed by atoms with Crippen LogP contribution in [0.3, 0.4) is 0 Å². The Kier molecular flexibility index (Phi) is 8.64. The van der Waals surface area contributed by atoms with Crippen molar-refractivity contribution in [2.45, 2.75) is 27.7 Å². The Hall–Kier alpha value is -5.04. The highest BCUT2D eigenvalue weighted by Crippen LogP contribution is 2.24. The first kappa shape index (κ1) is 27.0. The highest BCUT2D eigenvalue weighted by Gasteiger charge is 2.11. The van der Waals surface area contributed by atoms with E-state index in [4.69, 9.17) is 4.42 Å². The first-order valence-electron chi connectivity index (χ1n) is 12.5. The van der Waals surface area contributed by atoms with E-state index >= 15 is 0 Å². The minimum Gasteiger partial charge on any atom is -0.416 e. The molecular formula is C32H30N4O3. The number of nitrogens with one attached hydrogen (secondary N) is 2. The molecule has 0 aliphatic carbocycles. The quantitative estimate of drug-likeness (QED) is 0.268. The Bertz CT molecular complexity index is 1490. The summed E-state index contributed by atoms with van der Waals surface area (Å²) in [5.74, 6) is 0.435. The number of hydrazine groups is 1. The summed E-state index contributed by atoms with van der Waals surface area (Å²) in [6.45, 7) is 7.90. The average Bonchev–Trinajstić information content (AvgIpc) is 3.43. The van der Waals surface area contributed by atoms with E-state index in [1.807, 2.05) is 88.4 Å². The number of benzene rings is 4. The normalized spacial score (nSPS) is 10.3. The first-order chi connectivity index (χ1) is 18.8. The summed E-state index contributed by atoms with van der Waals surface area (Å²) in [6, 6.07) is 30.4. The molecule has 7 nitrogen and oxygen atoms in total. The summed E-state index contributed by atoms with van der Waals surface area (Å²) in [7, 11) is 0. The molecule has 0 saturated carbocycles. The molecule has 5 rings (SSSR count). The lowest BCUT2D eigenvalue weighted by molar-refractivity contribution is 0.0846. The van der Waals surface area contributed by atoms with E-state index in [1.165, 1.54) is 11.1 Å². The largest absolute Gasteiger partial charge is 0.416 e. The zero-order valence-corrected chi connectivity index (χ0v) is 22.4. The van der Waals surface area contributed by atoms with Crippen LogP contribution in [-0.2, 0) is 0 Å². The number of hydrogen-bond donors (Lipinski definition) is 2. The SMILES string of the molecule is Cc1cccc(-c2nnc(-c3cccc(C)c3)o2)c1.Cc1cccc(C(=O)NNC(=O)c2cccc(C)c2)c1. The molecule has 4 aromatic carbocycles. The van der Waals surface area contributed by atoms with Gasteiger partial charge in [0.2, 0.25) is 11.8 Å². The summed E-state index contributed by atoms with van der Waals surface area (Å²) in [5, 5.41) is 8.23. The maximum absolute atomic E-state index is 11.9. The third-order valence-electron chi connectivity index (χ3n) is 5.81. The lowest BCUT2D eigenvalue weighted by Crippen LogP contribution is -2.41. The van der Waals surface area contributed by atoms with Crippen LogP contribution in [0.15, 0.2) is 101 Å². The van der Waals surface area contributed by atoms with Gasteiger partial charge >= 0.3 is 0 Å². The Labute approximate surface area is 227 Å². The second-order valence-electron chi connectivity index (χ2n) is 9.30. The molecule has 1 heterocycles. The van der Waals surface area contributed by atoms with Crippen LogP contribution in [0.4, 0.5) is 0 Å². The minimum atomic E-state index is -0.338. The molecule has 196 valence electrons. The van der Waals surface area contributed by atoms with Crippen molar-refractivity contribution in [3.8, 4) is 22.9 Å². The number of amides is 2. The summed E-state index contributed by atoms with van der Waals surface area (Å²) in [4.78, 5) is 23.7. The topological polar surface area (TPSA) is 97.1 Å². The standard InChI is InChI=1S/C16H16N2O2.C16H14N2O/c1-11-5-3-7-13(9-11)15(19)17-18-16(20)14-8-4-6-12(2)10-14;1-11-5-3-7-13(9-11)15-17-18-16(19-15)14-8-4-6-12(2)10-14/h3-10H,1-2H3,(H,17,19)(H,18,20);3-10H,1-2H3. The van der Waals surface area contributed by atoms with Gasteiger partial charge in [-0.25, -0.2) is 0 Å². The van der Waals surface area contributed by atoms with Gasteiger partial charge in [-0.3, -0.25) is 20.4 Å². The maximum atomic E-state index is 11.9. The minimum absolute atomic E-state index is 0.338. The Balaban J connectivity index is 0.000000181. The number of nitrogens with zero attached hydrogens (tertiary/aromatic N) is 2. The molecule has 1 aromatic heterocycles. The number of hydrogen-bond acceptors (Lipinski definition) is 5. The van der Waals surface area contributed by atoms with Crippen molar-refractivity contribution in [2.24, 2.45) is 0 Å². The molecule has 0 saturated heterocycles. The van der Waals surface area contributed by atoms with Gasteiger partial charge in [0.1, 0.15) is 0 Å². The summed E-state index contributed by atoms with van der Waals surface area (Å²) >= 11 is 0. The molecule has 0 aliphatic rings. The van der Waals surface area contributed by atoms with E-state index in [-0.39, 0.29) is 11.8 Å². The first-order valence-corrected chi connectivity index (χ1v) is 12.5. The van der Waals surface area contributed by atoms with Crippen molar-refractivity contribution < 1.29 is 14.0 Å². The fraction of sp³-hybridized carbons (Fsp3) is 0.125. The molecule has 5 aromatic rings. The van der Waals surface area contributed by atoms with E-state index in [0.717, 1.165) is 22.3 Å². The second-order valence-corrected chi connectivity index (χ2v) is 9.30. The average molecular weight is 519 g/mol. The van der Waals surface area contributed by atoms with Crippen molar-refractivity contribution in [3.05, 3.63) is 130 Å². The van der Waals surface area contributed by atoms with Crippen molar-refractivity contribution >= 4 is 11.8 Å². The fourth-order valence-corrected chi connectivity index (χ4v) is 3.84. The zero-order valence-electron chi connectivity index (χ0n) is 22.4. The maximum Gasteiger partial charge on any atom is 0.269 e. The highest BCUT2D eigenvalue weighted by molar-refractivity contribution is 5.99. The fourth-order valence-electron chi connectivity index (χ4n) is 3.84. The van der Waals surface area contributed by atoms with Crippen molar-refractivity contribution in [2.75, 3.05) is 0 Å². The van der Waals surface area contributed by atoms with Crippen LogP contribution in [-0.4, -0.2) is 22.0 Å². The smallest absolute Gasteiger partial charge is 0.269 e. The van der Waals surface area contributed by atoms with Gasteiger partial charge < -0.3 is 4.42 Å². The molecule has 0 spiro atoms. The Morgan fingerprint density at radius 1 is 0.538 bits per heavy atom. The molecule has 7 heteroatoms. The predicted molar refractivity (Wildman–Crippen MR) is 152 cm³/mol. The lowest BCUT2D eigenvalue weighted by Gasteiger charge is -2.08. The van der Waals surface area contributed by atoms with E-state index in [0.29, 0.717) is 22.9 Å². The van der Waals surface area contributed by atoms with Gasteiger partial charge in [0, 0.05) is 22.3 Å². The monoisotopic (exact) mass is 518 g/mol. The van der Waals surface area contributed by atoms with Gasteiger partial charge in [0.15, 0.2) is 0 Å². The highest BCUT2D eigenvalue weighted by atomic mass is 16.4. The van der Waals surface area contributed by atoms with Gasteiger partial charge in [0.05, 0.1) is 0 Å². The van der Waals surface area contributed by atoms with Crippen LogP contribution < -0.4 is 10.9 Å². The molecule has 2 amide bonds. The summed E-state index contributed by atoms with van der Waals surface area (Å²) in [5.41, 5.74) is 12.1. The van der Waals surface area contributed by atoms with E-state index in [1.54, 1.807) is 36.4 Å². The molecule has 0 atom stereocenters. The molecule has 0 aliphatic heterocycles. The van der Waals surface area contributed by atoms with Crippen LogP contribution in [0, 0.1) is 27.7 Å². The summed E-state index contributed by atoms with van der Waals surface area (Å²) < 4.78 is 5.74.